The lowest BCUT2D eigenvalue weighted by molar-refractivity contribution is 0.134. The van der Waals surface area contributed by atoms with E-state index in [9.17, 15) is 0 Å². The van der Waals surface area contributed by atoms with Crippen molar-refractivity contribution in [1.82, 2.24) is 0 Å². The van der Waals surface area contributed by atoms with E-state index in [1.807, 2.05) is 0 Å². The SMILES string of the molecule is CCCCc1ccc(C(N)c2ccc3c(c2)COC3)cc1. The molecule has 21 heavy (non-hydrogen) atoms. The van der Waals surface area contributed by atoms with Gasteiger partial charge in [-0.3, -0.25) is 0 Å². The summed E-state index contributed by atoms with van der Waals surface area (Å²) in [4.78, 5) is 0. The van der Waals surface area contributed by atoms with Crippen LogP contribution < -0.4 is 5.73 Å². The molecule has 0 saturated heterocycles. The molecule has 2 N–H and O–H groups in total. The van der Waals surface area contributed by atoms with E-state index in [4.69, 9.17) is 10.5 Å². The normalized spacial score (nSPS) is 15.0. The van der Waals surface area contributed by atoms with Gasteiger partial charge in [0.1, 0.15) is 0 Å². The van der Waals surface area contributed by atoms with Crippen LogP contribution in [0.2, 0.25) is 0 Å². The van der Waals surface area contributed by atoms with Crippen LogP contribution in [0.1, 0.15) is 53.6 Å². The first-order valence-electron chi connectivity index (χ1n) is 7.82. The maximum absolute atomic E-state index is 6.42. The maximum Gasteiger partial charge on any atom is 0.0725 e. The maximum atomic E-state index is 6.42. The van der Waals surface area contributed by atoms with Gasteiger partial charge < -0.3 is 10.5 Å². The quantitative estimate of drug-likeness (QED) is 0.895. The van der Waals surface area contributed by atoms with Gasteiger partial charge in [0, 0.05) is 0 Å². The minimum Gasteiger partial charge on any atom is -0.372 e. The zero-order valence-corrected chi connectivity index (χ0v) is 12.6. The minimum absolute atomic E-state index is 0.0591. The number of unbranched alkanes of at least 4 members (excludes halogenated alkanes) is 1. The van der Waals surface area contributed by atoms with Crippen LogP contribution in [0.25, 0.3) is 0 Å². The molecule has 0 saturated carbocycles. The van der Waals surface area contributed by atoms with Gasteiger partial charge in [0.05, 0.1) is 19.3 Å². The predicted molar refractivity (Wildman–Crippen MR) is 86.0 cm³/mol. The average Bonchev–Trinajstić information content (AvgIpc) is 3.00. The molecular formula is C19H23NO. The number of rotatable bonds is 5. The monoisotopic (exact) mass is 281 g/mol. The van der Waals surface area contributed by atoms with Crippen molar-refractivity contribution in [2.24, 2.45) is 5.73 Å². The second-order valence-corrected chi connectivity index (χ2v) is 5.84. The van der Waals surface area contributed by atoms with Gasteiger partial charge in [-0.25, -0.2) is 0 Å². The van der Waals surface area contributed by atoms with Crippen molar-refractivity contribution in [1.29, 1.82) is 0 Å². The van der Waals surface area contributed by atoms with Crippen molar-refractivity contribution in [3.05, 3.63) is 70.3 Å². The zero-order valence-electron chi connectivity index (χ0n) is 12.6. The number of ether oxygens (including phenoxy) is 1. The van der Waals surface area contributed by atoms with Gasteiger partial charge in [-0.15, -0.1) is 0 Å². The van der Waals surface area contributed by atoms with E-state index in [1.54, 1.807) is 0 Å². The molecule has 1 aliphatic heterocycles. The van der Waals surface area contributed by atoms with E-state index < -0.39 is 0 Å². The van der Waals surface area contributed by atoms with Crippen LogP contribution in [0.5, 0.6) is 0 Å². The lowest BCUT2D eigenvalue weighted by atomic mass is 9.95. The summed E-state index contributed by atoms with van der Waals surface area (Å²) in [5, 5.41) is 0. The first kappa shape index (κ1) is 14.3. The molecule has 1 unspecified atom stereocenters. The first-order valence-corrected chi connectivity index (χ1v) is 7.82. The Hall–Kier alpha value is -1.64. The van der Waals surface area contributed by atoms with Gasteiger partial charge in [-0.2, -0.15) is 0 Å². The van der Waals surface area contributed by atoms with Crippen LogP contribution in [0.3, 0.4) is 0 Å². The third-order valence-corrected chi connectivity index (χ3v) is 4.26. The van der Waals surface area contributed by atoms with Crippen LogP contribution >= 0.6 is 0 Å². The summed E-state index contributed by atoms with van der Waals surface area (Å²) in [6.45, 7) is 3.67. The highest BCUT2D eigenvalue weighted by Crippen LogP contribution is 2.26. The Morgan fingerprint density at radius 3 is 2.48 bits per heavy atom. The van der Waals surface area contributed by atoms with Crippen LogP contribution in [0, 0.1) is 0 Å². The fourth-order valence-corrected chi connectivity index (χ4v) is 2.85. The molecule has 2 aromatic carbocycles. The van der Waals surface area contributed by atoms with Gasteiger partial charge in [0.15, 0.2) is 0 Å². The summed E-state index contributed by atoms with van der Waals surface area (Å²) in [6, 6.07) is 15.2. The number of hydrogen-bond acceptors (Lipinski definition) is 2. The second-order valence-electron chi connectivity index (χ2n) is 5.84. The summed E-state index contributed by atoms with van der Waals surface area (Å²) >= 11 is 0. The molecule has 0 aromatic heterocycles. The Bertz CT molecular complexity index is 603. The number of benzene rings is 2. The first-order chi connectivity index (χ1) is 10.3. The summed E-state index contributed by atoms with van der Waals surface area (Å²) in [7, 11) is 0. The van der Waals surface area contributed by atoms with Crippen LogP contribution in [0.15, 0.2) is 42.5 Å². The summed E-state index contributed by atoms with van der Waals surface area (Å²) in [6.07, 6.45) is 3.64. The van der Waals surface area contributed by atoms with E-state index in [-0.39, 0.29) is 6.04 Å². The zero-order chi connectivity index (χ0) is 14.7. The van der Waals surface area contributed by atoms with Crippen molar-refractivity contribution >= 4 is 0 Å². The van der Waals surface area contributed by atoms with Crippen LogP contribution in [-0.2, 0) is 24.4 Å². The standard InChI is InChI=1S/C19H23NO/c1-2-3-4-14-5-7-15(8-6-14)19(20)16-9-10-17-12-21-13-18(17)11-16/h5-11,19H,2-4,12-13,20H2,1H3. The third-order valence-electron chi connectivity index (χ3n) is 4.26. The van der Waals surface area contributed by atoms with E-state index >= 15 is 0 Å². The molecule has 1 heterocycles. The van der Waals surface area contributed by atoms with Crippen LogP contribution in [-0.4, -0.2) is 0 Å². The molecule has 0 radical (unpaired) electrons. The molecule has 2 heteroatoms. The molecule has 1 aliphatic rings. The highest BCUT2D eigenvalue weighted by molar-refractivity contribution is 5.39. The number of fused-ring (bicyclic) bond motifs is 1. The Balaban J connectivity index is 1.76. The van der Waals surface area contributed by atoms with Crippen molar-refractivity contribution in [3.8, 4) is 0 Å². The molecule has 0 amide bonds. The second kappa shape index (κ2) is 6.42. The molecule has 2 aromatic rings. The molecule has 3 rings (SSSR count). The molecular weight excluding hydrogens is 258 g/mol. The predicted octanol–water partition coefficient (Wildman–Crippen LogP) is 4.11. The van der Waals surface area contributed by atoms with E-state index in [0.29, 0.717) is 6.61 Å². The number of aryl methyl sites for hydroxylation is 1. The fourth-order valence-electron chi connectivity index (χ4n) is 2.85. The molecule has 0 bridgehead atoms. The molecule has 110 valence electrons. The molecule has 0 fully saturated rings. The van der Waals surface area contributed by atoms with E-state index in [0.717, 1.165) is 13.0 Å². The average molecular weight is 281 g/mol. The van der Waals surface area contributed by atoms with Gasteiger partial charge >= 0.3 is 0 Å². The Morgan fingerprint density at radius 1 is 1.00 bits per heavy atom. The summed E-state index contributed by atoms with van der Waals surface area (Å²) in [5.41, 5.74) is 12.7. The molecule has 1 atom stereocenters. The van der Waals surface area contributed by atoms with Crippen molar-refractivity contribution in [3.63, 3.8) is 0 Å². The lowest BCUT2D eigenvalue weighted by Gasteiger charge is -2.14. The van der Waals surface area contributed by atoms with Gasteiger partial charge in [-0.1, -0.05) is 55.8 Å². The number of hydrogen-bond donors (Lipinski definition) is 1. The molecule has 0 spiro atoms. The van der Waals surface area contributed by atoms with Crippen molar-refractivity contribution < 1.29 is 4.74 Å². The lowest BCUT2D eigenvalue weighted by Crippen LogP contribution is -2.12. The highest BCUT2D eigenvalue weighted by Gasteiger charge is 2.15. The largest absolute Gasteiger partial charge is 0.372 e. The van der Waals surface area contributed by atoms with E-state index in [2.05, 4.69) is 49.4 Å². The Labute approximate surface area is 126 Å². The van der Waals surface area contributed by atoms with Gasteiger partial charge in [0.25, 0.3) is 0 Å². The summed E-state index contributed by atoms with van der Waals surface area (Å²) in [5.74, 6) is 0. The minimum atomic E-state index is -0.0591. The Kier molecular flexibility index (Phi) is 4.37. The Morgan fingerprint density at radius 2 is 1.71 bits per heavy atom. The van der Waals surface area contributed by atoms with Crippen LogP contribution in [0.4, 0.5) is 0 Å². The van der Waals surface area contributed by atoms with Crippen molar-refractivity contribution in [2.45, 2.75) is 45.4 Å². The molecule has 0 aliphatic carbocycles. The molecule has 2 nitrogen and oxygen atoms in total. The smallest absolute Gasteiger partial charge is 0.0725 e. The van der Waals surface area contributed by atoms with Gasteiger partial charge in [-0.05, 0) is 40.7 Å². The summed E-state index contributed by atoms with van der Waals surface area (Å²) < 4.78 is 5.47. The fraction of sp³-hybridized carbons (Fsp3) is 0.368. The van der Waals surface area contributed by atoms with Crippen molar-refractivity contribution in [2.75, 3.05) is 0 Å². The highest BCUT2D eigenvalue weighted by atomic mass is 16.5. The van der Waals surface area contributed by atoms with Gasteiger partial charge in [0.2, 0.25) is 0 Å². The third kappa shape index (κ3) is 3.17. The topological polar surface area (TPSA) is 35.2 Å². The number of nitrogens with two attached hydrogens (primary N) is 1. The van der Waals surface area contributed by atoms with E-state index in [1.165, 1.54) is 40.7 Å².